The lowest BCUT2D eigenvalue weighted by Crippen LogP contribution is -2.43. The second kappa shape index (κ2) is 7.53. The number of aromatic amines is 1. The van der Waals surface area contributed by atoms with Gasteiger partial charge in [0.15, 0.2) is 0 Å². The van der Waals surface area contributed by atoms with E-state index in [4.69, 9.17) is 16.3 Å². The lowest BCUT2D eigenvalue weighted by atomic mass is 10.1. The number of nitrogens with zero attached hydrogens (tertiary/aromatic N) is 2. The molecule has 1 atom stereocenters. The Labute approximate surface area is 154 Å². The molecule has 0 aliphatic heterocycles. The molecule has 0 saturated carbocycles. The number of H-pyrrole nitrogens is 1. The predicted molar refractivity (Wildman–Crippen MR) is 97.1 cm³/mol. The van der Waals surface area contributed by atoms with Crippen LogP contribution in [0.25, 0.3) is 10.9 Å². The Bertz CT molecular complexity index is 956. The first-order valence-electron chi connectivity index (χ1n) is 7.91. The summed E-state index contributed by atoms with van der Waals surface area (Å²) < 4.78 is 4.81. The first-order chi connectivity index (χ1) is 12.5. The number of para-hydroxylation sites is 1. The van der Waals surface area contributed by atoms with Crippen molar-refractivity contribution in [2.75, 3.05) is 7.11 Å². The molecule has 134 valence electrons. The van der Waals surface area contributed by atoms with E-state index in [-0.39, 0.29) is 6.42 Å². The summed E-state index contributed by atoms with van der Waals surface area (Å²) in [5.74, 6) is -0.946. The van der Waals surface area contributed by atoms with E-state index < -0.39 is 17.9 Å². The molecule has 2 heterocycles. The van der Waals surface area contributed by atoms with Gasteiger partial charge in [0.25, 0.3) is 5.91 Å². The van der Waals surface area contributed by atoms with Gasteiger partial charge >= 0.3 is 5.97 Å². The van der Waals surface area contributed by atoms with Gasteiger partial charge in [0.05, 0.1) is 29.5 Å². The molecule has 0 spiro atoms. The van der Waals surface area contributed by atoms with Gasteiger partial charge in [-0.2, -0.15) is 0 Å². The van der Waals surface area contributed by atoms with Crippen LogP contribution < -0.4 is 5.32 Å². The van der Waals surface area contributed by atoms with Gasteiger partial charge < -0.3 is 15.0 Å². The maximum atomic E-state index is 12.9. The molecule has 0 radical (unpaired) electrons. The summed E-state index contributed by atoms with van der Waals surface area (Å²) in [6, 6.07) is 6.05. The highest BCUT2D eigenvalue weighted by Crippen LogP contribution is 2.25. The molecule has 1 unspecified atom stereocenters. The first-order valence-corrected chi connectivity index (χ1v) is 8.29. The van der Waals surface area contributed by atoms with E-state index >= 15 is 0 Å². The molecule has 3 aromatic rings. The summed E-state index contributed by atoms with van der Waals surface area (Å²) >= 11 is 6.20. The van der Waals surface area contributed by atoms with E-state index in [1.165, 1.54) is 13.4 Å². The van der Waals surface area contributed by atoms with E-state index in [1.807, 2.05) is 0 Å². The number of methoxy groups -OCH3 is 1. The third-order valence-corrected chi connectivity index (χ3v) is 4.24. The van der Waals surface area contributed by atoms with Crippen molar-refractivity contribution < 1.29 is 14.3 Å². The normalized spacial score (nSPS) is 12.0. The van der Waals surface area contributed by atoms with Crippen molar-refractivity contribution in [3.63, 3.8) is 0 Å². The van der Waals surface area contributed by atoms with Gasteiger partial charge in [0.2, 0.25) is 0 Å². The van der Waals surface area contributed by atoms with Crippen LogP contribution in [0, 0.1) is 6.92 Å². The summed E-state index contributed by atoms with van der Waals surface area (Å²) in [6.07, 6.45) is 3.34. The predicted octanol–water partition coefficient (Wildman–Crippen LogP) is 2.43. The topological polar surface area (TPSA) is 97.0 Å². The van der Waals surface area contributed by atoms with Crippen molar-refractivity contribution in [3.8, 4) is 0 Å². The highest BCUT2D eigenvalue weighted by atomic mass is 35.5. The van der Waals surface area contributed by atoms with Crippen LogP contribution in [0.4, 0.5) is 0 Å². The van der Waals surface area contributed by atoms with E-state index in [0.29, 0.717) is 32.9 Å². The van der Waals surface area contributed by atoms with E-state index in [9.17, 15) is 9.59 Å². The zero-order chi connectivity index (χ0) is 18.7. The van der Waals surface area contributed by atoms with Gasteiger partial charge in [-0.15, -0.1) is 0 Å². The molecule has 2 aromatic heterocycles. The number of carbonyl (C=O) groups is 2. The van der Waals surface area contributed by atoms with Gasteiger partial charge in [0, 0.05) is 29.4 Å². The first kappa shape index (κ1) is 17.9. The Morgan fingerprint density at radius 2 is 2.19 bits per heavy atom. The van der Waals surface area contributed by atoms with Crippen LogP contribution in [0.3, 0.4) is 0 Å². The number of benzene rings is 1. The lowest BCUT2D eigenvalue weighted by Gasteiger charge is -2.17. The number of nitrogens with one attached hydrogen (secondary N) is 2. The van der Waals surface area contributed by atoms with E-state index in [2.05, 4.69) is 20.3 Å². The summed E-state index contributed by atoms with van der Waals surface area (Å²) in [7, 11) is 1.28. The number of pyridine rings is 1. The van der Waals surface area contributed by atoms with E-state index in [1.54, 1.807) is 37.4 Å². The minimum Gasteiger partial charge on any atom is -0.467 e. The second-order valence-electron chi connectivity index (χ2n) is 5.78. The summed E-state index contributed by atoms with van der Waals surface area (Å²) in [5, 5.41) is 3.81. The van der Waals surface area contributed by atoms with Gasteiger partial charge in [-0.05, 0) is 19.1 Å². The summed E-state index contributed by atoms with van der Waals surface area (Å²) in [5.41, 5.74) is 2.30. The number of aryl methyl sites for hydroxylation is 1. The number of halogens is 1. The zero-order valence-electron chi connectivity index (χ0n) is 14.2. The number of esters is 1. The number of carbonyl (C=O) groups excluding carboxylic acids is 2. The average molecular weight is 373 g/mol. The third kappa shape index (κ3) is 3.67. The summed E-state index contributed by atoms with van der Waals surface area (Å²) in [6.45, 7) is 1.78. The maximum Gasteiger partial charge on any atom is 0.328 e. The lowest BCUT2D eigenvalue weighted by molar-refractivity contribution is -0.142. The molecule has 0 aliphatic carbocycles. The third-order valence-electron chi connectivity index (χ3n) is 3.93. The number of ether oxygens (including phenoxy) is 1. The standard InChI is InChI=1S/C18H17ClN4O3/c1-10-6-13(12-4-3-5-14(19)16(12)22-10)17(24)23-15(18(25)26-2)7-11-8-20-9-21-11/h3-6,8-9,15H,7H2,1-2H3,(H,20,21)(H,23,24). The molecule has 0 bridgehead atoms. The molecule has 1 amide bonds. The van der Waals surface area contributed by atoms with Crippen LogP contribution in [-0.4, -0.2) is 40.0 Å². The largest absolute Gasteiger partial charge is 0.467 e. The Hall–Kier alpha value is -2.93. The summed E-state index contributed by atoms with van der Waals surface area (Å²) in [4.78, 5) is 36.2. The maximum absolute atomic E-state index is 12.9. The molecule has 0 aliphatic rings. The molecule has 2 N–H and O–H groups in total. The fourth-order valence-electron chi connectivity index (χ4n) is 2.72. The highest BCUT2D eigenvalue weighted by Gasteiger charge is 2.24. The van der Waals surface area contributed by atoms with E-state index in [0.717, 1.165) is 0 Å². The van der Waals surface area contributed by atoms with Crippen molar-refractivity contribution in [1.29, 1.82) is 0 Å². The minimum atomic E-state index is -0.851. The Morgan fingerprint density at radius 1 is 1.38 bits per heavy atom. The molecule has 7 nitrogen and oxygen atoms in total. The molecule has 26 heavy (non-hydrogen) atoms. The number of hydrogen-bond acceptors (Lipinski definition) is 5. The Morgan fingerprint density at radius 3 is 2.88 bits per heavy atom. The smallest absolute Gasteiger partial charge is 0.328 e. The van der Waals surface area contributed by atoms with Crippen LogP contribution in [0.5, 0.6) is 0 Å². The van der Waals surface area contributed by atoms with Crippen molar-refractivity contribution in [3.05, 3.63) is 58.8 Å². The fraction of sp³-hybridized carbons (Fsp3) is 0.222. The number of hydrogen-bond donors (Lipinski definition) is 2. The molecule has 0 saturated heterocycles. The van der Waals surface area contributed by atoms with Crippen molar-refractivity contribution in [1.82, 2.24) is 20.3 Å². The van der Waals surface area contributed by atoms with Gasteiger partial charge in [-0.25, -0.2) is 9.78 Å². The highest BCUT2D eigenvalue weighted by molar-refractivity contribution is 6.35. The number of imidazole rings is 1. The van der Waals surface area contributed by atoms with Crippen LogP contribution in [-0.2, 0) is 16.0 Å². The number of rotatable bonds is 5. The quantitative estimate of drug-likeness (QED) is 0.670. The Balaban J connectivity index is 1.93. The zero-order valence-corrected chi connectivity index (χ0v) is 15.0. The van der Waals surface area contributed by atoms with Crippen LogP contribution in [0.1, 0.15) is 21.7 Å². The minimum absolute atomic E-state index is 0.237. The van der Waals surface area contributed by atoms with Crippen LogP contribution in [0.15, 0.2) is 36.8 Å². The number of aromatic nitrogens is 3. The van der Waals surface area contributed by atoms with Gasteiger partial charge in [-0.1, -0.05) is 23.7 Å². The molecule has 8 heteroatoms. The van der Waals surface area contributed by atoms with Crippen molar-refractivity contribution in [2.45, 2.75) is 19.4 Å². The van der Waals surface area contributed by atoms with Gasteiger partial charge in [0.1, 0.15) is 6.04 Å². The van der Waals surface area contributed by atoms with Gasteiger partial charge in [-0.3, -0.25) is 9.78 Å². The van der Waals surface area contributed by atoms with Crippen LogP contribution >= 0.6 is 11.6 Å². The van der Waals surface area contributed by atoms with Crippen molar-refractivity contribution in [2.24, 2.45) is 0 Å². The fourth-order valence-corrected chi connectivity index (χ4v) is 2.93. The molecule has 0 fully saturated rings. The van der Waals surface area contributed by atoms with Crippen molar-refractivity contribution >= 4 is 34.4 Å². The molecule has 3 rings (SSSR count). The molecular weight excluding hydrogens is 356 g/mol. The van der Waals surface area contributed by atoms with Crippen LogP contribution in [0.2, 0.25) is 5.02 Å². The second-order valence-corrected chi connectivity index (χ2v) is 6.18. The Kier molecular flexibility index (Phi) is 5.18. The SMILES string of the molecule is COC(=O)C(Cc1cnc[nH]1)NC(=O)c1cc(C)nc2c(Cl)cccc12. The molecule has 1 aromatic carbocycles. The molecular formula is C18H17ClN4O3. The number of fused-ring (bicyclic) bond motifs is 1. The number of amides is 1. The average Bonchev–Trinajstić information content (AvgIpc) is 3.13. The monoisotopic (exact) mass is 372 g/mol.